The van der Waals surface area contributed by atoms with Gasteiger partial charge in [0.2, 0.25) is 0 Å². The van der Waals surface area contributed by atoms with E-state index in [1.165, 1.54) is 44.9 Å². The molecule has 2 aliphatic rings. The van der Waals surface area contributed by atoms with E-state index in [1.54, 1.807) is 12.5 Å². The topological polar surface area (TPSA) is 43.6 Å². The zero-order chi connectivity index (χ0) is 14.1. The summed E-state index contributed by atoms with van der Waals surface area (Å²) < 4.78 is 2.09. The van der Waals surface area contributed by atoms with Crippen molar-refractivity contribution in [3.8, 4) is 11.3 Å². The van der Waals surface area contributed by atoms with Gasteiger partial charge in [-0.05, 0) is 49.5 Å². The summed E-state index contributed by atoms with van der Waals surface area (Å²) in [6.45, 7) is 1.04. The van der Waals surface area contributed by atoms with Crippen molar-refractivity contribution in [3.63, 3.8) is 0 Å². The number of aromatic nitrogens is 4. The van der Waals surface area contributed by atoms with Crippen molar-refractivity contribution in [1.82, 2.24) is 19.7 Å². The number of aryl methyl sites for hydroxylation is 1. The molecule has 1 spiro atoms. The second-order valence-electron chi connectivity index (χ2n) is 6.68. The van der Waals surface area contributed by atoms with Gasteiger partial charge in [0.05, 0.1) is 11.9 Å². The molecule has 4 heteroatoms. The van der Waals surface area contributed by atoms with E-state index in [9.17, 15) is 0 Å². The van der Waals surface area contributed by atoms with Crippen LogP contribution in [0.3, 0.4) is 0 Å². The van der Waals surface area contributed by atoms with Gasteiger partial charge >= 0.3 is 0 Å². The van der Waals surface area contributed by atoms with E-state index in [2.05, 4.69) is 25.9 Å². The first-order chi connectivity index (χ1) is 10.4. The lowest BCUT2D eigenvalue weighted by atomic mass is 9.75. The molecule has 2 heterocycles. The highest BCUT2D eigenvalue weighted by Crippen LogP contribution is 2.60. The minimum Gasteiger partial charge on any atom is -0.272 e. The fourth-order valence-corrected chi connectivity index (χ4v) is 4.02. The molecule has 4 nitrogen and oxygen atoms in total. The summed E-state index contributed by atoms with van der Waals surface area (Å²) in [5.74, 6) is 0.929. The molecule has 2 aromatic rings. The van der Waals surface area contributed by atoms with Gasteiger partial charge in [0.15, 0.2) is 0 Å². The first-order valence-corrected chi connectivity index (χ1v) is 8.15. The summed E-state index contributed by atoms with van der Waals surface area (Å²) in [5.41, 5.74) is 2.77. The van der Waals surface area contributed by atoms with Gasteiger partial charge in [-0.1, -0.05) is 12.8 Å². The van der Waals surface area contributed by atoms with Crippen LogP contribution in [0.15, 0.2) is 31.0 Å². The summed E-state index contributed by atoms with van der Waals surface area (Å²) in [5, 5.41) is 4.50. The standard InChI is InChI=1S/C17H22N4/c1-2-6-17(7-8-17)15(3-1)5-10-21-12-14(11-20-21)16-4-9-18-13-19-16/h4,9,11-13,15H,1-3,5-8,10H2. The fraction of sp³-hybridized carbons (Fsp3) is 0.588. The summed E-state index contributed by atoms with van der Waals surface area (Å²) in [7, 11) is 0. The summed E-state index contributed by atoms with van der Waals surface area (Å²) in [6.07, 6.45) is 17.4. The summed E-state index contributed by atoms with van der Waals surface area (Å²) in [4.78, 5) is 8.24. The molecule has 2 aromatic heterocycles. The minimum absolute atomic E-state index is 0.737. The van der Waals surface area contributed by atoms with Gasteiger partial charge in [-0.3, -0.25) is 4.68 Å². The van der Waals surface area contributed by atoms with Gasteiger partial charge in [0.25, 0.3) is 0 Å². The van der Waals surface area contributed by atoms with Crippen LogP contribution >= 0.6 is 0 Å². The minimum atomic E-state index is 0.737. The predicted molar refractivity (Wildman–Crippen MR) is 81.5 cm³/mol. The van der Waals surface area contributed by atoms with Crippen LogP contribution in [-0.4, -0.2) is 19.7 Å². The molecule has 2 saturated carbocycles. The molecule has 2 aliphatic carbocycles. The van der Waals surface area contributed by atoms with Crippen LogP contribution in [0.2, 0.25) is 0 Å². The monoisotopic (exact) mass is 282 g/mol. The Morgan fingerprint density at radius 2 is 2.19 bits per heavy atom. The van der Waals surface area contributed by atoms with Crippen molar-refractivity contribution < 1.29 is 0 Å². The lowest BCUT2D eigenvalue weighted by Gasteiger charge is -2.31. The Balaban J connectivity index is 1.41. The molecule has 0 radical (unpaired) electrons. The zero-order valence-electron chi connectivity index (χ0n) is 12.4. The van der Waals surface area contributed by atoms with Gasteiger partial charge in [-0.25, -0.2) is 9.97 Å². The highest BCUT2D eigenvalue weighted by Gasteiger charge is 2.49. The van der Waals surface area contributed by atoms with Crippen LogP contribution in [0.5, 0.6) is 0 Å². The Hall–Kier alpha value is -1.71. The second kappa shape index (κ2) is 5.24. The van der Waals surface area contributed by atoms with Gasteiger partial charge in [0, 0.05) is 24.5 Å². The van der Waals surface area contributed by atoms with Crippen LogP contribution in [-0.2, 0) is 6.54 Å². The lowest BCUT2D eigenvalue weighted by molar-refractivity contribution is 0.191. The van der Waals surface area contributed by atoms with E-state index in [4.69, 9.17) is 0 Å². The molecule has 0 bridgehead atoms. The molecule has 0 amide bonds. The Morgan fingerprint density at radius 3 is 3.00 bits per heavy atom. The number of rotatable bonds is 4. The van der Waals surface area contributed by atoms with Crippen molar-refractivity contribution in [1.29, 1.82) is 0 Å². The molecular formula is C17H22N4. The van der Waals surface area contributed by atoms with E-state index in [0.29, 0.717) is 0 Å². The normalized spacial score (nSPS) is 23.3. The predicted octanol–water partition coefficient (Wildman–Crippen LogP) is 3.70. The molecule has 4 rings (SSSR count). The van der Waals surface area contributed by atoms with Crippen molar-refractivity contribution in [2.45, 2.75) is 51.5 Å². The molecule has 0 saturated heterocycles. The molecular weight excluding hydrogens is 260 g/mol. The van der Waals surface area contributed by atoms with Crippen LogP contribution in [0.4, 0.5) is 0 Å². The van der Waals surface area contributed by atoms with Crippen LogP contribution in [0, 0.1) is 11.3 Å². The Bertz CT molecular complexity index is 600. The highest BCUT2D eigenvalue weighted by atomic mass is 15.3. The molecule has 0 N–H and O–H groups in total. The van der Waals surface area contributed by atoms with Gasteiger partial charge in [-0.2, -0.15) is 5.10 Å². The quantitative estimate of drug-likeness (QED) is 0.858. The fourth-order valence-electron chi connectivity index (χ4n) is 4.02. The first kappa shape index (κ1) is 13.0. The zero-order valence-corrected chi connectivity index (χ0v) is 12.4. The molecule has 2 fully saturated rings. The maximum atomic E-state index is 4.50. The third-order valence-corrected chi connectivity index (χ3v) is 5.45. The van der Waals surface area contributed by atoms with E-state index in [-0.39, 0.29) is 0 Å². The van der Waals surface area contributed by atoms with Gasteiger partial charge in [0.1, 0.15) is 6.33 Å². The summed E-state index contributed by atoms with van der Waals surface area (Å²) >= 11 is 0. The largest absolute Gasteiger partial charge is 0.272 e. The maximum Gasteiger partial charge on any atom is 0.116 e. The molecule has 0 aromatic carbocycles. The number of nitrogens with zero attached hydrogens (tertiary/aromatic N) is 4. The van der Waals surface area contributed by atoms with Gasteiger partial charge in [-0.15, -0.1) is 0 Å². The van der Waals surface area contributed by atoms with Crippen LogP contribution in [0.1, 0.15) is 44.9 Å². The van der Waals surface area contributed by atoms with Crippen LogP contribution in [0.25, 0.3) is 11.3 Å². The van der Waals surface area contributed by atoms with Crippen molar-refractivity contribution in [2.24, 2.45) is 11.3 Å². The lowest BCUT2D eigenvalue weighted by Crippen LogP contribution is -2.22. The van der Waals surface area contributed by atoms with E-state index in [0.717, 1.165) is 29.1 Å². The Labute approximate surface area is 125 Å². The Kier molecular flexibility index (Phi) is 3.24. The SMILES string of the molecule is c1cc(-c2cnn(CCC3CCCCC34CC4)c2)ncn1. The Morgan fingerprint density at radius 1 is 1.24 bits per heavy atom. The first-order valence-electron chi connectivity index (χ1n) is 8.15. The average Bonchev–Trinajstić information content (AvgIpc) is 3.14. The average molecular weight is 282 g/mol. The molecule has 1 atom stereocenters. The van der Waals surface area contributed by atoms with Crippen molar-refractivity contribution >= 4 is 0 Å². The number of hydrogen-bond donors (Lipinski definition) is 0. The van der Waals surface area contributed by atoms with E-state index < -0.39 is 0 Å². The number of hydrogen-bond acceptors (Lipinski definition) is 3. The van der Waals surface area contributed by atoms with Crippen LogP contribution < -0.4 is 0 Å². The molecule has 110 valence electrons. The van der Waals surface area contributed by atoms with Gasteiger partial charge < -0.3 is 0 Å². The van der Waals surface area contributed by atoms with Crippen molar-refractivity contribution in [2.75, 3.05) is 0 Å². The highest BCUT2D eigenvalue weighted by molar-refractivity contribution is 5.55. The second-order valence-corrected chi connectivity index (χ2v) is 6.68. The van der Waals surface area contributed by atoms with Crippen molar-refractivity contribution in [3.05, 3.63) is 31.0 Å². The molecule has 0 aliphatic heterocycles. The smallest absolute Gasteiger partial charge is 0.116 e. The maximum absolute atomic E-state index is 4.50. The van der Waals surface area contributed by atoms with E-state index >= 15 is 0 Å². The molecule has 1 unspecified atom stereocenters. The van der Waals surface area contributed by atoms with E-state index in [1.807, 2.05) is 12.3 Å². The summed E-state index contributed by atoms with van der Waals surface area (Å²) in [6, 6.07) is 1.93. The molecule has 21 heavy (non-hydrogen) atoms. The third-order valence-electron chi connectivity index (χ3n) is 5.45. The third kappa shape index (κ3) is 2.59.